The first-order valence-corrected chi connectivity index (χ1v) is 7.39. The molecule has 0 unspecified atom stereocenters. The van der Waals surface area contributed by atoms with Crippen LogP contribution in [0.4, 0.5) is 0 Å². The van der Waals surface area contributed by atoms with E-state index in [-0.39, 0.29) is 30.7 Å². The van der Waals surface area contributed by atoms with Gasteiger partial charge in [0.15, 0.2) is 0 Å². The minimum absolute atomic E-state index is 0.0437. The maximum atomic E-state index is 12.4. The van der Waals surface area contributed by atoms with Gasteiger partial charge in [0.1, 0.15) is 0 Å². The molecule has 1 rings (SSSR count). The molecule has 1 saturated carbocycles. The van der Waals surface area contributed by atoms with Gasteiger partial charge in [-0.3, -0.25) is 9.59 Å². The first-order valence-electron chi connectivity index (χ1n) is 7.39. The molecule has 0 aromatic heterocycles. The van der Waals surface area contributed by atoms with E-state index in [9.17, 15) is 14.7 Å². The molecular formula is C15H27NO4. The molecule has 20 heavy (non-hydrogen) atoms. The van der Waals surface area contributed by atoms with Crippen LogP contribution in [0, 0.1) is 5.41 Å². The molecule has 0 aromatic carbocycles. The zero-order chi connectivity index (χ0) is 15.4. The molecule has 0 saturated heterocycles. The van der Waals surface area contributed by atoms with Gasteiger partial charge in [-0.05, 0) is 39.0 Å². The Bertz CT molecular complexity index is 353. The van der Waals surface area contributed by atoms with E-state index in [1.165, 1.54) is 0 Å². The summed E-state index contributed by atoms with van der Waals surface area (Å²) in [5, 5.41) is 18.9. The lowest BCUT2D eigenvalue weighted by Crippen LogP contribution is -2.43. The highest BCUT2D eigenvalue weighted by molar-refractivity contribution is 5.78. The van der Waals surface area contributed by atoms with Crippen LogP contribution in [0.2, 0.25) is 0 Å². The van der Waals surface area contributed by atoms with E-state index in [2.05, 4.69) is 0 Å². The van der Waals surface area contributed by atoms with Crippen molar-refractivity contribution in [2.45, 2.75) is 64.9 Å². The highest BCUT2D eigenvalue weighted by Crippen LogP contribution is 2.44. The summed E-state index contributed by atoms with van der Waals surface area (Å²) >= 11 is 0. The Morgan fingerprint density at radius 1 is 1.20 bits per heavy atom. The Kier molecular flexibility index (Phi) is 5.57. The van der Waals surface area contributed by atoms with Gasteiger partial charge in [-0.15, -0.1) is 0 Å². The Hall–Kier alpha value is -1.10. The third-order valence-corrected chi connectivity index (χ3v) is 4.03. The summed E-state index contributed by atoms with van der Waals surface area (Å²) in [6.45, 7) is 6.04. The number of rotatable bonds is 7. The third kappa shape index (κ3) is 5.12. The second-order valence-electron chi connectivity index (χ2n) is 6.67. The van der Waals surface area contributed by atoms with Crippen molar-refractivity contribution in [2.24, 2.45) is 5.41 Å². The zero-order valence-corrected chi connectivity index (χ0v) is 12.8. The number of hydrogen-bond donors (Lipinski definition) is 2. The fourth-order valence-electron chi connectivity index (χ4n) is 3.14. The molecule has 1 amide bonds. The normalized spacial score (nSPS) is 18.0. The molecule has 1 aliphatic rings. The van der Waals surface area contributed by atoms with Crippen LogP contribution in [0.3, 0.4) is 0 Å². The minimum Gasteiger partial charge on any atom is -0.481 e. The van der Waals surface area contributed by atoms with E-state index < -0.39 is 11.6 Å². The van der Waals surface area contributed by atoms with Gasteiger partial charge in [0, 0.05) is 19.5 Å². The summed E-state index contributed by atoms with van der Waals surface area (Å²) in [5.41, 5.74) is -1.31. The molecule has 0 atom stereocenters. The number of carboxylic acids is 1. The SMILES string of the molecule is CCN(CC(C)(C)O)C(=O)CC1(CC(=O)O)CCCC1. The van der Waals surface area contributed by atoms with Crippen LogP contribution in [-0.2, 0) is 9.59 Å². The summed E-state index contributed by atoms with van der Waals surface area (Å²) < 4.78 is 0. The van der Waals surface area contributed by atoms with Crippen molar-refractivity contribution in [3.05, 3.63) is 0 Å². The van der Waals surface area contributed by atoms with Crippen molar-refractivity contribution in [1.82, 2.24) is 4.90 Å². The fraction of sp³-hybridized carbons (Fsp3) is 0.867. The monoisotopic (exact) mass is 285 g/mol. The van der Waals surface area contributed by atoms with E-state index in [1.54, 1.807) is 18.7 Å². The molecule has 1 fully saturated rings. The van der Waals surface area contributed by atoms with Gasteiger partial charge in [-0.1, -0.05) is 12.8 Å². The Balaban J connectivity index is 2.72. The van der Waals surface area contributed by atoms with Crippen molar-refractivity contribution in [3.63, 3.8) is 0 Å². The number of amides is 1. The number of carboxylic acid groups (broad SMARTS) is 1. The summed E-state index contributed by atoms with van der Waals surface area (Å²) in [6, 6.07) is 0. The number of nitrogens with zero attached hydrogens (tertiary/aromatic N) is 1. The highest BCUT2D eigenvalue weighted by Gasteiger charge is 2.39. The average Bonchev–Trinajstić information content (AvgIpc) is 2.71. The number of aliphatic carboxylic acids is 1. The first kappa shape index (κ1) is 17.0. The number of carbonyl (C=O) groups is 2. The van der Waals surface area contributed by atoms with Gasteiger partial charge in [0.05, 0.1) is 12.0 Å². The Morgan fingerprint density at radius 2 is 1.75 bits per heavy atom. The minimum atomic E-state index is -0.929. The van der Waals surface area contributed by atoms with Gasteiger partial charge >= 0.3 is 5.97 Å². The lowest BCUT2D eigenvalue weighted by molar-refractivity contribution is -0.142. The van der Waals surface area contributed by atoms with E-state index in [0.29, 0.717) is 6.54 Å². The second-order valence-corrected chi connectivity index (χ2v) is 6.67. The quantitative estimate of drug-likeness (QED) is 0.750. The fourth-order valence-corrected chi connectivity index (χ4v) is 3.14. The molecule has 116 valence electrons. The number of carbonyl (C=O) groups excluding carboxylic acids is 1. The number of hydrogen-bond acceptors (Lipinski definition) is 3. The van der Waals surface area contributed by atoms with Gasteiger partial charge in [0.25, 0.3) is 0 Å². The van der Waals surface area contributed by atoms with Crippen LogP contribution in [0.5, 0.6) is 0 Å². The predicted octanol–water partition coefficient (Wildman–Crippen LogP) is 2.03. The Labute approximate surface area is 121 Å². The van der Waals surface area contributed by atoms with Gasteiger partial charge in [0.2, 0.25) is 5.91 Å². The van der Waals surface area contributed by atoms with E-state index in [0.717, 1.165) is 25.7 Å². The Morgan fingerprint density at radius 3 is 2.15 bits per heavy atom. The van der Waals surface area contributed by atoms with Gasteiger partial charge in [-0.25, -0.2) is 0 Å². The first-order chi connectivity index (χ1) is 9.17. The van der Waals surface area contributed by atoms with Crippen LogP contribution >= 0.6 is 0 Å². The third-order valence-electron chi connectivity index (χ3n) is 4.03. The van der Waals surface area contributed by atoms with E-state index in [1.807, 2.05) is 6.92 Å². The van der Waals surface area contributed by atoms with Crippen LogP contribution < -0.4 is 0 Å². The van der Waals surface area contributed by atoms with Gasteiger partial charge in [-0.2, -0.15) is 0 Å². The summed E-state index contributed by atoms with van der Waals surface area (Å²) in [7, 11) is 0. The molecule has 5 heteroatoms. The lowest BCUT2D eigenvalue weighted by atomic mass is 9.79. The molecule has 0 heterocycles. The maximum Gasteiger partial charge on any atom is 0.303 e. The molecule has 1 aliphatic carbocycles. The molecule has 0 aliphatic heterocycles. The standard InChI is InChI=1S/C15H27NO4/c1-4-16(11-14(2,3)20)12(17)9-15(10-13(18)19)7-5-6-8-15/h20H,4-11H2,1-3H3,(H,18,19). The maximum absolute atomic E-state index is 12.4. The van der Waals surface area contributed by atoms with E-state index in [4.69, 9.17) is 5.11 Å². The van der Waals surface area contributed by atoms with Crippen molar-refractivity contribution in [3.8, 4) is 0 Å². The zero-order valence-electron chi connectivity index (χ0n) is 12.8. The second kappa shape index (κ2) is 6.57. The van der Waals surface area contributed by atoms with Gasteiger partial charge < -0.3 is 15.1 Å². The summed E-state index contributed by atoms with van der Waals surface area (Å²) in [5.74, 6) is -0.872. The molecule has 2 N–H and O–H groups in total. The summed E-state index contributed by atoms with van der Waals surface area (Å²) in [6.07, 6.45) is 3.97. The van der Waals surface area contributed by atoms with Crippen LogP contribution in [-0.4, -0.2) is 45.7 Å². The average molecular weight is 285 g/mol. The van der Waals surface area contributed by atoms with Crippen molar-refractivity contribution < 1.29 is 19.8 Å². The molecular weight excluding hydrogens is 258 g/mol. The molecule has 5 nitrogen and oxygen atoms in total. The van der Waals surface area contributed by atoms with Crippen LogP contribution in [0.25, 0.3) is 0 Å². The van der Waals surface area contributed by atoms with Crippen molar-refractivity contribution in [2.75, 3.05) is 13.1 Å². The topological polar surface area (TPSA) is 77.8 Å². The van der Waals surface area contributed by atoms with Crippen LogP contribution in [0.15, 0.2) is 0 Å². The molecule has 0 spiro atoms. The highest BCUT2D eigenvalue weighted by atomic mass is 16.4. The molecule has 0 bridgehead atoms. The largest absolute Gasteiger partial charge is 0.481 e. The smallest absolute Gasteiger partial charge is 0.303 e. The molecule has 0 aromatic rings. The van der Waals surface area contributed by atoms with Crippen molar-refractivity contribution >= 4 is 11.9 Å². The van der Waals surface area contributed by atoms with E-state index >= 15 is 0 Å². The van der Waals surface area contributed by atoms with Crippen LogP contribution in [0.1, 0.15) is 59.3 Å². The summed E-state index contributed by atoms with van der Waals surface area (Å²) in [4.78, 5) is 25.1. The number of likely N-dealkylation sites (N-methyl/N-ethyl adjacent to an activating group) is 1. The lowest BCUT2D eigenvalue weighted by Gasteiger charge is -2.33. The molecule has 0 radical (unpaired) electrons. The van der Waals surface area contributed by atoms with Crippen molar-refractivity contribution in [1.29, 1.82) is 0 Å². The number of aliphatic hydroxyl groups is 1. The predicted molar refractivity (Wildman–Crippen MR) is 76.3 cm³/mol.